The number of carbonyl (C=O) groups is 2. The third-order valence-corrected chi connectivity index (χ3v) is 7.54. The Kier molecular flexibility index (Phi) is 6.05. The molecule has 0 unspecified atom stereocenters. The SMILES string of the molecule is O=C(Cc1c[nH]c2ccccc12)N1CCN(C(=O)c2nc(-c3ccccc3)n3c2CCCCC3)CC1. The van der Waals surface area contributed by atoms with E-state index < -0.39 is 0 Å². The number of aromatic amines is 1. The summed E-state index contributed by atoms with van der Waals surface area (Å²) in [6.45, 7) is 3.07. The number of rotatable bonds is 4. The van der Waals surface area contributed by atoms with Crippen molar-refractivity contribution in [2.24, 2.45) is 0 Å². The number of para-hydroxylation sites is 1. The molecule has 1 N–H and O–H groups in total. The minimum absolute atomic E-state index is 0.00782. The number of piperazine rings is 1. The molecule has 2 aliphatic rings. The molecule has 0 atom stereocenters. The van der Waals surface area contributed by atoms with Gasteiger partial charge in [-0.15, -0.1) is 0 Å². The largest absolute Gasteiger partial charge is 0.361 e. The van der Waals surface area contributed by atoms with Gasteiger partial charge in [0.1, 0.15) is 11.5 Å². The highest BCUT2D eigenvalue weighted by molar-refractivity contribution is 5.95. The van der Waals surface area contributed by atoms with Gasteiger partial charge < -0.3 is 19.4 Å². The summed E-state index contributed by atoms with van der Waals surface area (Å²) in [4.78, 5) is 38.6. The van der Waals surface area contributed by atoms with Crippen molar-refractivity contribution in [3.8, 4) is 11.4 Å². The van der Waals surface area contributed by atoms with Crippen molar-refractivity contribution >= 4 is 22.7 Å². The van der Waals surface area contributed by atoms with Gasteiger partial charge in [-0.25, -0.2) is 4.98 Å². The highest BCUT2D eigenvalue weighted by Gasteiger charge is 2.30. The van der Waals surface area contributed by atoms with E-state index >= 15 is 0 Å². The summed E-state index contributed by atoms with van der Waals surface area (Å²) in [6.07, 6.45) is 6.53. The Labute approximate surface area is 210 Å². The van der Waals surface area contributed by atoms with Crippen molar-refractivity contribution < 1.29 is 9.59 Å². The first-order valence-electron chi connectivity index (χ1n) is 13.0. The minimum Gasteiger partial charge on any atom is -0.361 e. The Hall–Kier alpha value is -3.87. The lowest BCUT2D eigenvalue weighted by Gasteiger charge is -2.34. The number of imidazole rings is 1. The molecule has 7 heteroatoms. The van der Waals surface area contributed by atoms with Crippen LogP contribution in [0.1, 0.15) is 41.0 Å². The fourth-order valence-electron chi connectivity index (χ4n) is 5.56. The van der Waals surface area contributed by atoms with E-state index in [2.05, 4.69) is 21.7 Å². The van der Waals surface area contributed by atoms with E-state index in [9.17, 15) is 9.59 Å². The molecule has 4 heterocycles. The highest BCUT2D eigenvalue weighted by atomic mass is 16.2. The van der Waals surface area contributed by atoms with E-state index in [0.29, 0.717) is 38.3 Å². The second-order valence-electron chi connectivity index (χ2n) is 9.77. The lowest BCUT2D eigenvalue weighted by Crippen LogP contribution is -2.51. The van der Waals surface area contributed by atoms with Crippen LogP contribution in [-0.4, -0.2) is 62.3 Å². The quantitative estimate of drug-likeness (QED) is 0.473. The second-order valence-corrected chi connectivity index (χ2v) is 9.77. The van der Waals surface area contributed by atoms with Crippen molar-refractivity contribution in [3.63, 3.8) is 0 Å². The van der Waals surface area contributed by atoms with E-state index in [4.69, 9.17) is 4.98 Å². The van der Waals surface area contributed by atoms with E-state index in [1.54, 1.807) is 0 Å². The first kappa shape index (κ1) is 22.6. The number of carbonyl (C=O) groups excluding carboxylic acids is 2. The van der Waals surface area contributed by atoms with Crippen molar-refractivity contribution in [2.75, 3.05) is 26.2 Å². The van der Waals surface area contributed by atoms with Crippen molar-refractivity contribution in [1.29, 1.82) is 0 Å². The van der Waals surface area contributed by atoms with Crippen LogP contribution < -0.4 is 0 Å². The molecule has 36 heavy (non-hydrogen) atoms. The molecule has 1 saturated heterocycles. The minimum atomic E-state index is -0.00782. The number of benzene rings is 2. The normalized spacial score (nSPS) is 16.1. The third kappa shape index (κ3) is 4.19. The predicted molar refractivity (Wildman–Crippen MR) is 140 cm³/mol. The summed E-state index contributed by atoms with van der Waals surface area (Å²) < 4.78 is 2.26. The van der Waals surface area contributed by atoms with Crippen LogP contribution in [0.2, 0.25) is 0 Å². The summed E-state index contributed by atoms with van der Waals surface area (Å²) in [5.41, 5.74) is 4.77. The van der Waals surface area contributed by atoms with Gasteiger partial charge in [0, 0.05) is 55.4 Å². The van der Waals surface area contributed by atoms with E-state index in [0.717, 1.165) is 59.4 Å². The fraction of sp³-hybridized carbons (Fsp3) is 0.345. The van der Waals surface area contributed by atoms with E-state index in [1.165, 1.54) is 6.42 Å². The van der Waals surface area contributed by atoms with Gasteiger partial charge in [-0.2, -0.15) is 0 Å². The summed E-state index contributed by atoms with van der Waals surface area (Å²) in [5, 5.41) is 1.09. The topological polar surface area (TPSA) is 74.2 Å². The number of aromatic nitrogens is 3. The standard InChI is InChI=1S/C29H31N5O2/c35-26(19-22-20-30-24-12-7-6-11-23(22)24)32-15-17-33(18-16-32)29(36)27-25-13-5-2-8-14-34(25)28(31-27)21-9-3-1-4-10-21/h1,3-4,6-7,9-12,20,30H,2,5,8,13-19H2. The monoisotopic (exact) mass is 481 g/mol. The number of nitrogens with zero attached hydrogens (tertiary/aromatic N) is 4. The Bertz CT molecular complexity index is 1400. The van der Waals surface area contributed by atoms with Gasteiger partial charge in [0.25, 0.3) is 5.91 Å². The second kappa shape index (κ2) is 9.64. The molecule has 1 fully saturated rings. The Balaban J connectivity index is 1.17. The van der Waals surface area contributed by atoms with E-state index in [-0.39, 0.29) is 11.8 Å². The molecular weight excluding hydrogens is 450 g/mol. The van der Waals surface area contributed by atoms with Gasteiger partial charge in [0.2, 0.25) is 5.91 Å². The Morgan fingerprint density at radius 2 is 1.58 bits per heavy atom. The van der Waals surface area contributed by atoms with Crippen LogP contribution >= 0.6 is 0 Å². The summed E-state index contributed by atoms with van der Waals surface area (Å²) in [6, 6.07) is 18.2. The van der Waals surface area contributed by atoms with Crippen molar-refractivity contribution in [1.82, 2.24) is 24.3 Å². The highest BCUT2D eigenvalue weighted by Crippen LogP contribution is 2.28. The smallest absolute Gasteiger partial charge is 0.274 e. The Morgan fingerprint density at radius 3 is 2.42 bits per heavy atom. The zero-order chi connectivity index (χ0) is 24.5. The summed E-state index contributed by atoms with van der Waals surface area (Å²) in [7, 11) is 0. The average molecular weight is 482 g/mol. The summed E-state index contributed by atoms with van der Waals surface area (Å²) in [5.74, 6) is 0.990. The van der Waals surface area contributed by atoms with Gasteiger partial charge in [-0.3, -0.25) is 9.59 Å². The van der Waals surface area contributed by atoms with Crippen LogP contribution in [0.5, 0.6) is 0 Å². The van der Waals surface area contributed by atoms with Crippen LogP contribution in [0.3, 0.4) is 0 Å². The maximum absolute atomic E-state index is 13.7. The molecule has 4 aromatic rings. The number of H-pyrrole nitrogens is 1. The fourth-order valence-corrected chi connectivity index (χ4v) is 5.56. The molecule has 2 aliphatic heterocycles. The van der Waals surface area contributed by atoms with Gasteiger partial charge in [-0.1, -0.05) is 55.0 Å². The molecule has 2 aromatic heterocycles. The molecule has 0 aliphatic carbocycles. The van der Waals surface area contributed by atoms with Crippen LogP contribution in [0, 0.1) is 0 Å². The van der Waals surface area contributed by atoms with Crippen LogP contribution in [0.25, 0.3) is 22.3 Å². The van der Waals surface area contributed by atoms with Gasteiger partial charge in [0.05, 0.1) is 12.1 Å². The van der Waals surface area contributed by atoms with Gasteiger partial charge in [0.15, 0.2) is 0 Å². The molecule has 0 saturated carbocycles. The van der Waals surface area contributed by atoms with Crippen LogP contribution in [0.15, 0.2) is 60.8 Å². The van der Waals surface area contributed by atoms with E-state index in [1.807, 2.05) is 58.5 Å². The lowest BCUT2D eigenvalue weighted by molar-refractivity contribution is -0.131. The number of hydrogen-bond donors (Lipinski definition) is 1. The maximum Gasteiger partial charge on any atom is 0.274 e. The van der Waals surface area contributed by atoms with Crippen molar-refractivity contribution in [3.05, 3.63) is 77.7 Å². The van der Waals surface area contributed by atoms with Crippen LogP contribution in [-0.2, 0) is 24.2 Å². The molecule has 0 bridgehead atoms. The van der Waals surface area contributed by atoms with Gasteiger partial charge >= 0.3 is 0 Å². The number of nitrogens with one attached hydrogen (secondary N) is 1. The lowest BCUT2D eigenvalue weighted by atomic mass is 10.1. The molecule has 6 rings (SSSR count). The van der Waals surface area contributed by atoms with Crippen molar-refractivity contribution in [2.45, 2.75) is 38.6 Å². The van der Waals surface area contributed by atoms with Crippen LogP contribution in [0.4, 0.5) is 0 Å². The zero-order valence-electron chi connectivity index (χ0n) is 20.4. The van der Waals surface area contributed by atoms with Gasteiger partial charge in [-0.05, 0) is 30.9 Å². The first-order valence-corrected chi connectivity index (χ1v) is 13.0. The number of amides is 2. The summed E-state index contributed by atoms with van der Waals surface area (Å²) >= 11 is 0. The zero-order valence-corrected chi connectivity index (χ0v) is 20.4. The molecule has 0 spiro atoms. The first-order chi connectivity index (χ1) is 17.7. The number of fused-ring (bicyclic) bond motifs is 2. The molecule has 7 nitrogen and oxygen atoms in total. The number of hydrogen-bond acceptors (Lipinski definition) is 3. The molecule has 2 amide bonds. The third-order valence-electron chi connectivity index (χ3n) is 7.54. The molecule has 2 aromatic carbocycles. The Morgan fingerprint density at radius 1 is 0.833 bits per heavy atom. The predicted octanol–water partition coefficient (Wildman–Crippen LogP) is 4.28. The molecule has 0 radical (unpaired) electrons. The maximum atomic E-state index is 13.7. The average Bonchev–Trinajstić information content (AvgIpc) is 3.41. The molecular formula is C29H31N5O2. The molecule has 184 valence electrons.